The fourth-order valence-electron chi connectivity index (χ4n) is 1.86. The average molecular weight is 341 g/mol. The molecule has 1 atom stereocenters. The third kappa shape index (κ3) is 3.81. The smallest absolute Gasteiger partial charge is 0.333 e. The second-order valence-corrected chi connectivity index (χ2v) is 4.87. The Hall–Kier alpha value is -2.54. The summed E-state index contributed by atoms with van der Waals surface area (Å²) in [4.78, 5) is 27.5. The molecule has 2 rings (SSSR count). The Morgan fingerprint density at radius 2 is 2.00 bits per heavy atom. The minimum absolute atomic E-state index is 0.113. The molecule has 120 valence electrons. The molecule has 0 fully saturated rings. The molecule has 2 aromatic rings. The van der Waals surface area contributed by atoms with Crippen molar-refractivity contribution in [1.29, 1.82) is 0 Å². The first-order chi connectivity index (χ1) is 10.9. The maximum atomic E-state index is 13.6. The standard InChI is InChI=1S/C15H11ClF2N2O3/c1-23-15(22)13(8-2-3-10(16)11(17)6-8)20-14(21)9-4-5-19-7-12(9)18/h2-7,13H,1H3,(H,20,21). The second-order valence-electron chi connectivity index (χ2n) is 4.46. The number of halogens is 3. The van der Waals surface area contributed by atoms with E-state index in [9.17, 15) is 18.4 Å². The van der Waals surface area contributed by atoms with E-state index in [1.54, 1.807) is 0 Å². The summed E-state index contributed by atoms with van der Waals surface area (Å²) in [5, 5.41) is 2.16. The lowest BCUT2D eigenvalue weighted by Crippen LogP contribution is -2.35. The number of rotatable bonds is 4. The van der Waals surface area contributed by atoms with Crippen LogP contribution >= 0.6 is 11.6 Å². The Labute approximate surface area is 135 Å². The van der Waals surface area contributed by atoms with Crippen LogP contribution in [0.1, 0.15) is 22.0 Å². The molecule has 23 heavy (non-hydrogen) atoms. The number of aromatic nitrogens is 1. The topological polar surface area (TPSA) is 68.3 Å². The van der Waals surface area contributed by atoms with Gasteiger partial charge in [0.15, 0.2) is 11.9 Å². The van der Waals surface area contributed by atoms with Gasteiger partial charge in [0.1, 0.15) is 5.82 Å². The van der Waals surface area contributed by atoms with E-state index in [-0.39, 0.29) is 16.1 Å². The van der Waals surface area contributed by atoms with Gasteiger partial charge in [0.2, 0.25) is 0 Å². The number of methoxy groups -OCH3 is 1. The highest BCUT2D eigenvalue weighted by Gasteiger charge is 2.26. The molecule has 0 aliphatic heterocycles. The van der Waals surface area contributed by atoms with Crippen molar-refractivity contribution in [1.82, 2.24) is 10.3 Å². The molecule has 5 nitrogen and oxygen atoms in total. The molecule has 0 aliphatic carbocycles. The van der Waals surface area contributed by atoms with Gasteiger partial charge in [-0.3, -0.25) is 9.78 Å². The number of hydrogen-bond acceptors (Lipinski definition) is 4. The van der Waals surface area contributed by atoms with Crippen molar-refractivity contribution in [3.8, 4) is 0 Å². The highest BCUT2D eigenvalue weighted by atomic mass is 35.5. The summed E-state index contributed by atoms with van der Waals surface area (Å²) >= 11 is 5.59. The van der Waals surface area contributed by atoms with E-state index in [1.165, 1.54) is 18.3 Å². The number of carbonyl (C=O) groups excluding carboxylic acids is 2. The Bertz CT molecular complexity index is 755. The van der Waals surface area contributed by atoms with E-state index in [0.717, 1.165) is 25.4 Å². The molecule has 1 amide bonds. The predicted molar refractivity (Wildman–Crippen MR) is 77.8 cm³/mol. The van der Waals surface area contributed by atoms with Crippen LogP contribution in [0.15, 0.2) is 36.7 Å². The van der Waals surface area contributed by atoms with Gasteiger partial charge in [0, 0.05) is 6.20 Å². The summed E-state index contributed by atoms with van der Waals surface area (Å²) in [6, 6.07) is 3.43. The van der Waals surface area contributed by atoms with E-state index < -0.39 is 29.6 Å². The molecule has 0 radical (unpaired) electrons. The Morgan fingerprint density at radius 3 is 2.61 bits per heavy atom. The van der Waals surface area contributed by atoms with E-state index in [0.29, 0.717) is 0 Å². The zero-order chi connectivity index (χ0) is 17.0. The van der Waals surface area contributed by atoms with Crippen molar-refractivity contribution in [3.63, 3.8) is 0 Å². The van der Waals surface area contributed by atoms with E-state index in [1.807, 2.05) is 0 Å². The monoisotopic (exact) mass is 340 g/mol. The van der Waals surface area contributed by atoms with Crippen molar-refractivity contribution in [3.05, 3.63) is 64.4 Å². The van der Waals surface area contributed by atoms with Crippen molar-refractivity contribution < 1.29 is 23.1 Å². The molecule has 1 aromatic heterocycles. The van der Waals surface area contributed by atoms with Crippen LogP contribution in [0.3, 0.4) is 0 Å². The van der Waals surface area contributed by atoms with E-state index in [2.05, 4.69) is 15.0 Å². The van der Waals surface area contributed by atoms with Crippen LogP contribution in [-0.4, -0.2) is 24.0 Å². The maximum Gasteiger partial charge on any atom is 0.333 e. The van der Waals surface area contributed by atoms with Gasteiger partial charge in [-0.25, -0.2) is 13.6 Å². The van der Waals surface area contributed by atoms with Crippen LogP contribution < -0.4 is 5.32 Å². The third-order valence-electron chi connectivity index (χ3n) is 3.01. The van der Waals surface area contributed by atoms with Gasteiger partial charge in [-0.15, -0.1) is 0 Å². The van der Waals surface area contributed by atoms with Crippen LogP contribution in [0.2, 0.25) is 5.02 Å². The number of hydrogen-bond donors (Lipinski definition) is 1. The molecule has 0 spiro atoms. The van der Waals surface area contributed by atoms with Crippen molar-refractivity contribution in [2.45, 2.75) is 6.04 Å². The van der Waals surface area contributed by atoms with Gasteiger partial charge in [-0.2, -0.15) is 0 Å². The molecule has 8 heteroatoms. The normalized spacial score (nSPS) is 11.7. The van der Waals surface area contributed by atoms with Gasteiger partial charge in [0.05, 0.1) is 23.9 Å². The molecule has 0 bridgehead atoms. The van der Waals surface area contributed by atoms with Crippen LogP contribution in [0.5, 0.6) is 0 Å². The molecular weight excluding hydrogens is 330 g/mol. The molecule has 1 N–H and O–H groups in total. The number of esters is 1. The first-order valence-electron chi connectivity index (χ1n) is 6.37. The average Bonchev–Trinajstić information content (AvgIpc) is 2.54. The van der Waals surface area contributed by atoms with Gasteiger partial charge < -0.3 is 10.1 Å². The van der Waals surface area contributed by atoms with Crippen molar-refractivity contribution in [2.75, 3.05) is 7.11 Å². The summed E-state index contributed by atoms with van der Waals surface area (Å²) in [6.07, 6.45) is 2.09. The zero-order valence-electron chi connectivity index (χ0n) is 11.8. The quantitative estimate of drug-likeness (QED) is 0.869. The van der Waals surface area contributed by atoms with Crippen molar-refractivity contribution >= 4 is 23.5 Å². The lowest BCUT2D eigenvalue weighted by atomic mass is 10.1. The van der Waals surface area contributed by atoms with Gasteiger partial charge >= 0.3 is 5.97 Å². The van der Waals surface area contributed by atoms with Crippen LogP contribution in [0.4, 0.5) is 8.78 Å². The largest absolute Gasteiger partial charge is 0.467 e. The third-order valence-corrected chi connectivity index (χ3v) is 3.31. The highest BCUT2D eigenvalue weighted by molar-refractivity contribution is 6.30. The van der Waals surface area contributed by atoms with Crippen LogP contribution in [0.25, 0.3) is 0 Å². The fraction of sp³-hybridized carbons (Fsp3) is 0.133. The molecule has 1 aromatic carbocycles. The molecule has 0 saturated heterocycles. The lowest BCUT2D eigenvalue weighted by molar-refractivity contribution is -0.143. The lowest BCUT2D eigenvalue weighted by Gasteiger charge is -2.17. The number of nitrogens with zero attached hydrogens (tertiary/aromatic N) is 1. The van der Waals surface area contributed by atoms with Crippen molar-refractivity contribution in [2.24, 2.45) is 0 Å². The number of ether oxygens (including phenoxy) is 1. The maximum absolute atomic E-state index is 13.6. The molecule has 1 unspecified atom stereocenters. The minimum atomic E-state index is -1.31. The van der Waals surface area contributed by atoms with Gasteiger partial charge in [-0.1, -0.05) is 17.7 Å². The summed E-state index contributed by atoms with van der Waals surface area (Å²) < 4.78 is 31.7. The summed E-state index contributed by atoms with van der Waals surface area (Å²) in [6.45, 7) is 0. The molecule has 0 saturated carbocycles. The summed E-state index contributed by atoms with van der Waals surface area (Å²) in [5.41, 5.74) is -0.190. The Balaban J connectivity index is 2.33. The summed E-state index contributed by atoms with van der Waals surface area (Å²) in [7, 11) is 1.11. The number of benzene rings is 1. The Kier molecular flexibility index (Phi) is 5.23. The second kappa shape index (κ2) is 7.15. The van der Waals surface area contributed by atoms with Crippen LogP contribution in [-0.2, 0) is 9.53 Å². The molecular formula is C15H11ClF2N2O3. The number of carbonyl (C=O) groups is 2. The number of nitrogens with one attached hydrogen (secondary N) is 1. The first-order valence-corrected chi connectivity index (χ1v) is 6.75. The molecule has 0 aliphatic rings. The number of amides is 1. The van der Waals surface area contributed by atoms with Gasteiger partial charge in [-0.05, 0) is 23.8 Å². The first kappa shape index (κ1) is 16.8. The van der Waals surface area contributed by atoms with Crippen LogP contribution in [0, 0.1) is 11.6 Å². The molecule has 1 heterocycles. The highest BCUT2D eigenvalue weighted by Crippen LogP contribution is 2.22. The van der Waals surface area contributed by atoms with E-state index >= 15 is 0 Å². The minimum Gasteiger partial charge on any atom is -0.467 e. The number of pyridine rings is 1. The SMILES string of the molecule is COC(=O)C(NC(=O)c1ccncc1F)c1ccc(Cl)c(F)c1. The van der Waals surface area contributed by atoms with E-state index in [4.69, 9.17) is 11.6 Å². The van der Waals surface area contributed by atoms with Gasteiger partial charge in [0.25, 0.3) is 5.91 Å². The Morgan fingerprint density at radius 1 is 1.26 bits per heavy atom. The predicted octanol–water partition coefficient (Wildman–Crippen LogP) is 2.66. The summed E-state index contributed by atoms with van der Waals surface area (Å²) in [5.74, 6) is -3.32. The zero-order valence-corrected chi connectivity index (χ0v) is 12.6. The fourth-order valence-corrected chi connectivity index (χ4v) is 1.97.